The Morgan fingerprint density at radius 2 is 2.00 bits per heavy atom. The second-order valence-electron chi connectivity index (χ2n) is 9.16. The van der Waals surface area contributed by atoms with Crippen LogP contribution in [-0.2, 0) is 13.2 Å². The Morgan fingerprint density at radius 1 is 1.14 bits per heavy atom. The van der Waals surface area contributed by atoms with Gasteiger partial charge in [-0.05, 0) is 43.5 Å². The molecule has 0 spiro atoms. The predicted octanol–water partition coefficient (Wildman–Crippen LogP) is 3.86. The van der Waals surface area contributed by atoms with E-state index in [4.69, 9.17) is 0 Å². The van der Waals surface area contributed by atoms with E-state index in [9.17, 15) is 17.6 Å². The number of aliphatic imine (C=N–C) groups is 2. The Labute approximate surface area is 205 Å². The topological polar surface area (TPSA) is 61.9 Å². The van der Waals surface area contributed by atoms with Crippen molar-refractivity contribution in [2.45, 2.75) is 36.3 Å². The molecule has 188 valence electrons. The van der Waals surface area contributed by atoms with E-state index in [1.165, 1.54) is 6.07 Å². The molecular weight excluding hydrogens is 482 g/mol. The van der Waals surface area contributed by atoms with Crippen molar-refractivity contribution in [3.63, 3.8) is 0 Å². The molecule has 2 aromatic rings. The summed E-state index contributed by atoms with van der Waals surface area (Å²) in [5.41, 5.74) is -0.795. The minimum Gasteiger partial charge on any atom is -0.366 e. The van der Waals surface area contributed by atoms with Gasteiger partial charge < -0.3 is 14.4 Å². The third-order valence-electron chi connectivity index (χ3n) is 6.93. The van der Waals surface area contributed by atoms with Gasteiger partial charge in [0, 0.05) is 56.6 Å². The normalized spacial score (nSPS) is 24.5. The highest BCUT2D eigenvalue weighted by Gasteiger charge is 2.44. The van der Waals surface area contributed by atoms with Crippen LogP contribution >= 0.6 is 11.8 Å². The van der Waals surface area contributed by atoms with Crippen LogP contribution in [-0.4, -0.2) is 76.6 Å². The van der Waals surface area contributed by atoms with Crippen LogP contribution in [0.5, 0.6) is 0 Å². The summed E-state index contributed by atoms with van der Waals surface area (Å²) in [6.45, 7) is 3.61. The van der Waals surface area contributed by atoms with E-state index in [-0.39, 0.29) is 17.8 Å². The number of benzene rings is 1. The Balaban J connectivity index is 1.14. The first-order valence-electron chi connectivity index (χ1n) is 11.7. The van der Waals surface area contributed by atoms with Gasteiger partial charge in [0.25, 0.3) is 0 Å². The van der Waals surface area contributed by atoms with E-state index < -0.39 is 17.6 Å². The highest BCUT2D eigenvalue weighted by Crippen LogP contribution is 2.42. The first kappa shape index (κ1) is 24.2. The monoisotopic (exact) mass is 509 g/mol. The number of fused-ring (bicyclic) bond motifs is 1. The quantitative estimate of drug-likeness (QED) is 0.322. The van der Waals surface area contributed by atoms with E-state index in [1.54, 1.807) is 24.2 Å². The van der Waals surface area contributed by atoms with Crippen LogP contribution in [0.3, 0.4) is 0 Å². The summed E-state index contributed by atoms with van der Waals surface area (Å²) in [7, 11) is 1.94. The molecule has 0 saturated carbocycles. The van der Waals surface area contributed by atoms with Crippen molar-refractivity contribution in [2.24, 2.45) is 23.0 Å². The van der Waals surface area contributed by atoms with E-state index in [2.05, 4.69) is 25.1 Å². The number of thioether (sulfide) groups is 1. The van der Waals surface area contributed by atoms with Gasteiger partial charge in [-0.3, -0.25) is 9.98 Å². The van der Waals surface area contributed by atoms with Gasteiger partial charge in [0.2, 0.25) is 0 Å². The summed E-state index contributed by atoms with van der Waals surface area (Å²) in [6.07, 6.45) is 0.565. The molecule has 1 aromatic carbocycles. The maximum absolute atomic E-state index is 13.6. The second kappa shape index (κ2) is 9.88. The van der Waals surface area contributed by atoms with E-state index >= 15 is 0 Å². The molecule has 12 heteroatoms. The molecule has 3 aliphatic heterocycles. The third-order valence-corrected chi connectivity index (χ3v) is 8.04. The Bertz CT molecular complexity index is 1120. The first-order chi connectivity index (χ1) is 16.8. The maximum Gasteiger partial charge on any atom is 0.418 e. The molecule has 2 fully saturated rings. The Kier molecular flexibility index (Phi) is 6.84. The zero-order valence-electron chi connectivity index (χ0n) is 19.3. The van der Waals surface area contributed by atoms with Crippen molar-refractivity contribution in [3.8, 4) is 0 Å². The van der Waals surface area contributed by atoms with Gasteiger partial charge in [-0.25, -0.2) is 4.39 Å². The van der Waals surface area contributed by atoms with Crippen molar-refractivity contribution in [1.29, 1.82) is 0 Å². The molecule has 5 rings (SSSR count). The summed E-state index contributed by atoms with van der Waals surface area (Å²) in [4.78, 5) is 12.8. The minimum atomic E-state index is -4.58. The molecule has 3 atom stereocenters. The molecule has 0 amide bonds. The summed E-state index contributed by atoms with van der Waals surface area (Å²) in [5.74, 6) is 1.13. The summed E-state index contributed by atoms with van der Waals surface area (Å²) in [6, 6.07) is 2.93. The number of alkyl halides is 3. The van der Waals surface area contributed by atoms with Crippen molar-refractivity contribution >= 4 is 29.9 Å². The van der Waals surface area contributed by atoms with Crippen LogP contribution in [0, 0.1) is 11.7 Å². The Morgan fingerprint density at radius 3 is 2.77 bits per heavy atom. The molecule has 2 unspecified atom stereocenters. The fourth-order valence-corrected chi connectivity index (χ4v) is 6.10. The fraction of sp³-hybridized carbons (Fsp3) is 0.565. The Hall–Kier alpha value is -2.47. The van der Waals surface area contributed by atoms with Crippen LogP contribution < -0.4 is 4.90 Å². The number of aromatic nitrogens is 3. The zero-order valence-corrected chi connectivity index (χ0v) is 20.1. The average Bonchev–Trinajstić information content (AvgIpc) is 3.51. The average molecular weight is 510 g/mol. The third kappa shape index (κ3) is 5.09. The van der Waals surface area contributed by atoms with Gasteiger partial charge in [-0.15, -0.1) is 10.2 Å². The molecule has 0 radical (unpaired) electrons. The lowest BCUT2D eigenvalue weighted by Gasteiger charge is -2.29. The lowest BCUT2D eigenvalue weighted by molar-refractivity contribution is -0.137. The lowest BCUT2D eigenvalue weighted by atomic mass is 10.0. The van der Waals surface area contributed by atoms with Crippen molar-refractivity contribution in [1.82, 2.24) is 19.7 Å². The van der Waals surface area contributed by atoms with Crippen LogP contribution in [0.25, 0.3) is 0 Å². The molecular formula is C23H27F4N7S. The maximum atomic E-state index is 13.6. The number of likely N-dealkylation sites (tertiary alicyclic amines) is 1. The summed E-state index contributed by atoms with van der Waals surface area (Å²) in [5, 5.41) is 9.42. The lowest BCUT2D eigenvalue weighted by Crippen LogP contribution is -2.36. The molecule has 0 bridgehead atoms. The molecule has 1 aromatic heterocycles. The van der Waals surface area contributed by atoms with Gasteiger partial charge in [-0.1, -0.05) is 11.8 Å². The number of hydrogen-bond acceptors (Lipinski definition) is 7. The van der Waals surface area contributed by atoms with Crippen molar-refractivity contribution < 1.29 is 17.6 Å². The van der Waals surface area contributed by atoms with Crippen LogP contribution in [0.4, 0.5) is 23.2 Å². The van der Waals surface area contributed by atoms with Gasteiger partial charge in [-0.2, -0.15) is 13.2 Å². The highest BCUT2D eigenvalue weighted by molar-refractivity contribution is 7.99. The van der Waals surface area contributed by atoms with Gasteiger partial charge in [0.1, 0.15) is 11.9 Å². The van der Waals surface area contributed by atoms with E-state index in [0.29, 0.717) is 25.1 Å². The zero-order chi connectivity index (χ0) is 24.6. The summed E-state index contributed by atoms with van der Waals surface area (Å²) < 4.78 is 56.2. The minimum absolute atomic E-state index is 0.0224. The molecule has 35 heavy (non-hydrogen) atoms. The number of rotatable bonds is 7. The van der Waals surface area contributed by atoms with Crippen LogP contribution in [0.1, 0.15) is 30.3 Å². The molecule has 0 N–H and O–H groups in total. The molecule has 0 aliphatic carbocycles. The van der Waals surface area contributed by atoms with Gasteiger partial charge in [0.05, 0.1) is 12.1 Å². The second-order valence-corrected chi connectivity index (χ2v) is 10.2. The smallest absolute Gasteiger partial charge is 0.366 e. The predicted molar refractivity (Wildman–Crippen MR) is 128 cm³/mol. The number of halogens is 4. The fourth-order valence-electron chi connectivity index (χ4n) is 5.26. The van der Waals surface area contributed by atoms with Crippen molar-refractivity contribution in [3.05, 3.63) is 35.4 Å². The highest BCUT2D eigenvalue weighted by atomic mass is 32.2. The molecule has 4 heterocycles. The molecule has 2 saturated heterocycles. The number of anilines is 1. The van der Waals surface area contributed by atoms with Crippen LogP contribution in [0.2, 0.25) is 0 Å². The number of nitrogens with zero attached hydrogens (tertiary/aromatic N) is 7. The van der Waals surface area contributed by atoms with E-state index in [0.717, 1.165) is 55.3 Å². The summed E-state index contributed by atoms with van der Waals surface area (Å²) >= 11 is 1.64. The van der Waals surface area contributed by atoms with E-state index in [1.807, 2.05) is 16.5 Å². The standard InChI is InChI=1S/C23H27F4N7S/c1-32-21(18-12-28-6-7-29-18)30-31-22(32)35-10-2-8-33-13-15-5-9-34(20(15)14-33)19-4-3-16(24)11-17(19)23(25,26)27/h3-4,6-7,11,15,18,20H,2,5,8-10,12-14H2,1H3/t15-,18?,20?/m0/s1. The van der Waals surface area contributed by atoms with Crippen molar-refractivity contribution in [2.75, 3.05) is 43.4 Å². The molecule has 7 nitrogen and oxygen atoms in total. The van der Waals surface area contributed by atoms with Crippen LogP contribution in [0.15, 0.2) is 33.3 Å². The molecule has 3 aliphatic rings. The van der Waals surface area contributed by atoms with Gasteiger partial charge in [0.15, 0.2) is 11.0 Å². The first-order valence-corrected chi connectivity index (χ1v) is 12.7. The SMILES string of the molecule is Cn1c(SCCCN2CC3[C@@H](CCN3c3ccc(F)cc3C(F)(F)F)C2)nnc1C1CN=CC=N1. The van der Waals surface area contributed by atoms with Gasteiger partial charge >= 0.3 is 6.18 Å². The largest absolute Gasteiger partial charge is 0.418 e. The number of hydrogen-bond donors (Lipinski definition) is 0.